The number of para-hydroxylation sites is 1. The maximum absolute atomic E-state index is 11.3. The van der Waals surface area contributed by atoms with Crippen LogP contribution in [0, 0.1) is 5.41 Å². The highest BCUT2D eigenvalue weighted by atomic mass is 16.5. The summed E-state index contributed by atoms with van der Waals surface area (Å²) in [7, 11) is 0. The Morgan fingerprint density at radius 2 is 1.59 bits per heavy atom. The lowest BCUT2D eigenvalue weighted by Gasteiger charge is -2.15. The van der Waals surface area contributed by atoms with Gasteiger partial charge in [0.25, 0.3) is 0 Å². The number of pyridine rings is 1. The fraction of sp³-hybridized carbons (Fsp3) is 0. The molecule has 0 bridgehead atoms. The summed E-state index contributed by atoms with van der Waals surface area (Å²) < 4.78 is 5.82. The van der Waals surface area contributed by atoms with Gasteiger partial charge in [-0.3, -0.25) is 10.4 Å². The molecule has 0 aliphatic heterocycles. The van der Waals surface area contributed by atoms with Crippen molar-refractivity contribution in [1.82, 2.24) is 4.98 Å². The van der Waals surface area contributed by atoms with Gasteiger partial charge in [-0.15, -0.1) is 0 Å². The molecular formula is C25H20N4O3. The molecule has 0 fully saturated rings. The second-order valence-electron chi connectivity index (χ2n) is 7.05. The molecular weight excluding hydrogens is 404 g/mol. The van der Waals surface area contributed by atoms with Crippen molar-refractivity contribution in [1.29, 1.82) is 5.41 Å². The molecule has 6 N–H and O–H groups in total. The molecule has 0 amide bonds. The number of carbonyl (C=O) groups is 1. The van der Waals surface area contributed by atoms with Crippen molar-refractivity contribution in [2.45, 2.75) is 0 Å². The Balaban J connectivity index is 1.72. The lowest BCUT2D eigenvalue weighted by Crippen LogP contribution is -2.16. The zero-order chi connectivity index (χ0) is 22.7. The third-order valence-corrected chi connectivity index (χ3v) is 4.92. The highest BCUT2D eigenvalue weighted by Gasteiger charge is 2.18. The maximum atomic E-state index is 11.3. The van der Waals surface area contributed by atoms with Crippen molar-refractivity contribution in [3.8, 4) is 33.9 Å². The van der Waals surface area contributed by atoms with E-state index in [1.807, 2.05) is 42.5 Å². The van der Waals surface area contributed by atoms with Crippen LogP contribution in [0.25, 0.3) is 22.4 Å². The number of nitrogens with two attached hydrogens (primary N) is 2. The van der Waals surface area contributed by atoms with Gasteiger partial charge in [0.1, 0.15) is 17.3 Å². The van der Waals surface area contributed by atoms with Crippen LogP contribution in [-0.4, -0.2) is 21.9 Å². The van der Waals surface area contributed by atoms with Crippen molar-refractivity contribution < 1.29 is 14.6 Å². The van der Waals surface area contributed by atoms with E-state index in [1.165, 1.54) is 12.1 Å². The monoisotopic (exact) mass is 424 g/mol. The van der Waals surface area contributed by atoms with Crippen LogP contribution in [0.3, 0.4) is 0 Å². The number of carboxylic acids is 1. The number of ether oxygens (including phenoxy) is 1. The summed E-state index contributed by atoms with van der Waals surface area (Å²) >= 11 is 0. The Kier molecular flexibility index (Phi) is 5.55. The van der Waals surface area contributed by atoms with Crippen LogP contribution in [-0.2, 0) is 0 Å². The van der Waals surface area contributed by atoms with Gasteiger partial charge in [-0.1, -0.05) is 30.3 Å². The summed E-state index contributed by atoms with van der Waals surface area (Å²) in [4.78, 5) is 15.8. The first-order valence-corrected chi connectivity index (χ1v) is 9.74. The number of rotatable bonds is 6. The molecule has 0 radical (unpaired) electrons. The summed E-state index contributed by atoms with van der Waals surface area (Å²) in [5.74, 6) is 0.102. The molecule has 3 aromatic carbocycles. The number of aromatic carboxylic acids is 1. The Hall–Kier alpha value is -4.65. The van der Waals surface area contributed by atoms with E-state index < -0.39 is 5.97 Å². The smallest absolute Gasteiger partial charge is 0.335 e. The summed E-state index contributed by atoms with van der Waals surface area (Å²) in [6.07, 6.45) is 1.56. The molecule has 0 unspecified atom stereocenters. The highest BCUT2D eigenvalue weighted by Crippen LogP contribution is 2.34. The van der Waals surface area contributed by atoms with Crippen LogP contribution in [0.2, 0.25) is 0 Å². The number of anilines is 1. The number of nitrogen functional groups attached to an aromatic ring is 2. The van der Waals surface area contributed by atoms with Crippen LogP contribution in [0.1, 0.15) is 15.9 Å². The van der Waals surface area contributed by atoms with E-state index in [4.69, 9.17) is 21.6 Å². The molecule has 0 atom stereocenters. The summed E-state index contributed by atoms with van der Waals surface area (Å²) in [5, 5.41) is 17.3. The minimum atomic E-state index is -1.04. The van der Waals surface area contributed by atoms with E-state index in [0.717, 1.165) is 5.75 Å². The molecule has 1 aromatic heterocycles. The number of amidine groups is 1. The molecule has 7 nitrogen and oxygen atoms in total. The van der Waals surface area contributed by atoms with Crippen molar-refractivity contribution in [2.24, 2.45) is 5.73 Å². The largest absolute Gasteiger partial charge is 0.478 e. The number of benzene rings is 3. The molecule has 0 aliphatic rings. The second kappa shape index (κ2) is 8.61. The van der Waals surface area contributed by atoms with Crippen molar-refractivity contribution in [3.05, 3.63) is 96.2 Å². The molecule has 0 saturated carbocycles. The van der Waals surface area contributed by atoms with Gasteiger partial charge in [0, 0.05) is 17.3 Å². The minimum Gasteiger partial charge on any atom is -0.478 e. The van der Waals surface area contributed by atoms with Crippen LogP contribution in [0.15, 0.2) is 85.1 Å². The maximum Gasteiger partial charge on any atom is 0.335 e. The lowest BCUT2D eigenvalue weighted by atomic mass is 9.96. The van der Waals surface area contributed by atoms with Gasteiger partial charge < -0.3 is 21.3 Å². The van der Waals surface area contributed by atoms with Gasteiger partial charge in [-0.25, -0.2) is 4.79 Å². The molecule has 1 heterocycles. The molecule has 4 rings (SSSR count). The van der Waals surface area contributed by atoms with Gasteiger partial charge in [0.15, 0.2) is 0 Å². The molecule has 0 spiro atoms. The van der Waals surface area contributed by atoms with Crippen LogP contribution in [0.4, 0.5) is 5.69 Å². The minimum absolute atomic E-state index is 0.129. The Labute approximate surface area is 184 Å². The molecule has 7 heteroatoms. The molecule has 0 saturated heterocycles. The second-order valence-corrected chi connectivity index (χ2v) is 7.05. The van der Waals surface area contributed by atoms with E-state index in [1.54, 1.807) is 30.5 Å². The first-order chi connectivity index (χ1) is 15.4. The van der Waals surface area contributed by atoms with E-state index in [9.17, 15) is 9.90 Å². The number of hydrogen-bond acceptors (Lipinski definition) is 5. The predicted octanol–water partition coefficient (Wildman–Crippen LogP) is 4.77. The standard InChI is InChI=1S/C25H20N4O3/c26-22-20(16-5-4-6-17(13-16)25(30)31)14-29-23(21(22)24(27)28)15-9-11-19(12-10-15)32-18-7-2-1-3-8-18/h1-14H,(H2,26,29)(H3,27,28)(H,30,31). The fourth-order valence-electron chi connectivity index (χ4n) is 3.37. The Bertz CT molecular complexity index is 1300. The predicted molar refractivity (Wildman–Crippen MR) is 124 cm³/mol. The number of nitrogens with zero attached hydrogens (tertiary/aromatic N) is 1. The first-order valence-electron chi connectivity index (χ1n) is 9.74. The average molecular weight is 424 g/mol. The summed E-state index contributed by atoms with van der Waals surface area (Å²) in [6, 6.07) is 23.0. The van der Waals surface area contributed by atoms with Crippen molar-refractivity contribution in [3.63, 3.8) is 0 Å². The Morgan fingerprint density at radius 3 is 2.25 bits per heavy atom. The zero-order valence-electron chi connectivity index (χ0n) is 16.9. The third-order valence-electron chi connectivity index (χ3n) is 4.92. The summed E-state index contributed by atoms with van der Waals surface area (Å²) in [6.45, 7) is 0. The Morgan fingerprint density at radius 1 is 0.906 bits per heavy atom. The topological polar surface area (TPSA) is 135 Å². The normalized spacial score (nSPS) is 10.5. The highest BCUT2D eigenvalue weighted by molar-refractivity contribution is 6.08. The quantitative estimate of drug-likeness (QED) is 0.260. The zero-order valence-corrected chi connectivity index (χ0v) is 16.9. The van der Waals surface area contributed by atoms with Gasteiger partial charge in [-0.05, 0) is 54.1 Å². The van der Waals surface area contributed by atoms with Gasteiger partial charge in [-0.2, -0.15) is 0 Å². The molecule has 4 aromatic rings. The van der Waals surface area contributed by atoms with Crippen molar-refractivity contribution >= 4 is 17.5 Å². The SMILES string of the molecule is N=C(N)c1c(-c2ccc(Oc3ccccc3)cc2)ncc(-c2cccc(C(=O)O)c2)c1N. The average Bonchev–Trinajstić information content (AvgIpc) is 2.80. The number of hydrogen-bond donors (Lipinski definition) is 4. The van der Waals surface area contributed by atoms with Crippen LogP contribution in [0.5, 0.6) is 11.5 Å². The van der Waals surface area contributed by atoms with Gasteiger partial charge in [0.05, 0.1) is 22.5 Å². The van der Waals surface area contributed by atoms with Gasteiger partial charge in [0.2, 0.25) is 0 Å². The molecule has 0 aliphatic carbocycles. The van der Waals surface area contributed by atoms with Gasteiger partial charge >= 0.3 is 5.97 Å². The third kappa shape index (κ3) is 4.13. The number of carboxylic acid groups (broad SMARTS) is 1. The number of aromatic nitrogens is 1. The van der Waals surface area contributed by atoms with E-state index >= 15 is 0 Å². The lowest BCUT2D eigenvalue weighted by molar-refractivity contribution is 0.0697. The number of nitrogens with one attached hydrogen (secondary N) is 1. The van der Waals surface area contributed by atoms with E-state index in [2.05, 4.69) is 4.98 Å². The van der Waals surface area contributed by atoms with Crippen LogP contribution >= 0.6 is 0 Å². The molecule has 158 valence electrons. The van der Waals surface area contributed by atoms with E-state index in [0.29, 0.717) is 33.7 Å². The molecule has 32 heavy (non-hydrogen) atoms. The fourth-order valence-corrected chi connectivity index (χ4v) is 3.37. The first kappa shape index (κ1) is 20.6. The van der Waals surface area contributed by atoms with Crippen LogP contribution < -0.4 is 16.2 Å². The van der Waals surface area contributed by atoms with Crippen molar-refractivity contribution in [2.75, 3.05) is 5.73 Å². The van der Waals surface area contributed by atoms with E-state index in [-0.39, 0.29) is 17.1 Å². The summed E-state index contributed by atoms with van der Waals surface area (Å²) in [5.41, 5.74) is 15.2.